The number of halogens is 1. The van der Waals surface area contributed by atoms with E-state index >= 15 is 0 Å². The van der Waals surface area contributed by atoms with Crippen molar-refractivity contribution in [3.05, 3.63) is 34.9 Å². The molecule has 1 rings (SSSR count). The van der Waals surface area contributed by atoms with E-state index in [-0.39, 0.29) is 0 Å². The highest BCUT2D eigenvalue weighted by atomic mass is 35.5. The van der Waals surface area contributed by atoms with Crippen molar-refractivity contribution < 1.29 is 14.3 Å². The molecule has 1 aromatic carbocycles. The van der Waals surface area contributed by atoms with Crippen molar-refractivity contribution in [3.8, 4) is 0 Å². The molecule has 0 aliphatic rings. The summed E-state index contributed by atoms with van der Waals surface area (Å²) in [5, 5.41) is 2.94. The first-order valence-electron chi connectivity index (χ1n) is 6.12. The van der Waals surface area contributed by atoms with Crippen LogP contribution in [0.4, 0.5) is 4.79 Å². The third-order valence-corrected chi connectivity index (χ3v) is 2.88. The van der Waals surface area contributed by atoms with Gasteiger partial charge in [0.15, 0.2) is 0 Å². The standard InChI is InChI=1S/C14H19ClN2O3/c1-13(2,3)20-12(19)17-14(4,11(16)18)9-6-5-7-10(15)8-9/h5-8H,1-4H3,(H2,16,18)(H,17,19)/t14-/m0/s1. The molecule has 20 heavy (non-hydrogen) atoms. The van der Waals surface area contributed by atoms with Crippen molar-refractivity contribution in [2.24, 2.45) is 5.73 Å². The van der Waals surface area contributed by atoms with Crippen LogP contribution in [0.2, 0.25) is 5.02 Å². The van der Waals surface area contributed by atoms with Gasteiger partial charge >= 0.3 is 6.09 Å². The normalized spacial score (nSPS) is 14.2. The summed E-state index contributed by atoms with van der Waals surface area (Å²) in [6.07, 6.45) is -0.723. The van der Waals surface area contributed by atoms with E-state index in [1.807, 2.05) is 0 Å². The molecule has 0 aliphatic carbocycles. The van der Waals surface area contributed by atoms with Gasteiger partial charge in [-0.2, -0.15) is 0 Å². The Morgan fingerprint density at radius 2 is 1.85 bits per heavy atom. The fraction of sp³-hybridized carbons (Fsp3) is 0.429. The Kier molecular flexibility index (Phi) is 4.65. The van der Waals surface area contributed by atoms with Gasteiger partial charge in [0.05, 0.1) is 0 Å². The predicted molar refractivity (Wildman–Crippen MR) is 77.4 cm³/mol. The van der Waals surface area contributed by atoms with Gasteiger partial charge in [0, 0.05) is 5.02 Å². The minimum atomic E-state index is -1.40. The zero-order valence-electron chi connectivity index (χ0n) is 12.0. The molecule has 1 aromatic rings. The Bertz CT molecular complexity index is 525. The first kappa shape index (κ1) is 16.3. The summed E-state index contributed by atoms with van der Waals surface area (Å²) in [7, 11) is 0. The molecular formula is C14H19ClN2O3. The maximum atomic E-state index is 11.9. The third kappa shape index (κ3) is 4.13. The first-order valence-corrected chi connectivity index (χ1v) is 6.49. The molecule has 0 spiro atoms. The topological polar surface area (TPSA) is 81.4 Å². The van der Waals surface area contributed by atoms with Crippen LogP contribution in [0.5, 0.6) is 0 Å². The van der Waals surface area contributed by atoms with Crippen molar-refractivity contribution in [2.45, 2.75) is 38.8 Å². The molecule has 0 radical (unpaired) electrons. The van der Waals surface area contributed by atoms with Crippen LogP contribution in [-0.4, -0.2) is 17.6 Å². The van der Waals surface area contributed by atoms with Gasteiger partial charge in [0.25, 0.3) is 0 Å². The van der Waals surface area contributed by atoms with Gasteiger partial charge in [-0.15, -0.1) is 0 Å². The van der Waals surface area contributed by atoms with Crippen molar-refractivity contribution in [1.29, 1.82) is 0 Å². The van der Waals surface area contributed by atoms with Crippen LogP contribution in [0.15, 0.2) is 24.3 Å². The number of hydrogen-bond donors (Lipinski definition) is 2. The van der Waals surface area contributed by atoms with Crippen LogP contribution in [0.25, 0.3) is 0 Å². The van der Waals surface area contributed by atoms with Crippen LogP contribution in [0.1, 0.15) is 33.3 Å². The number of nitrogens with two attached hydrogens (primary N) is 1. The summed E-state index contributed by atoms with van der Waals surface area (Å²) in [6.45, 7) is 6.69. The molecule has 0 aliphatic heterocycles. The fourth-order valence-corrected chi connectivity index (χ4v) is 1.77. The monoisotopic (exact) mass is 298 g/mol. The number of carbonyl (C=O) groups excluding carboxylic acids is 2. The van der Waals surface area contributed by atoms with E-state index in [1.54, 1.807) is 45.0 Å². The van der Waals surface area contributed by atoms with Gasteiger partial charge in [-0.3, -0.25) is 4.79 Å². The zero-order chi connectivity index (χ0) is 15.6. The van der Waals surface area contributed by atoms with Gasteiger partial charge in [0.2, 0.25) is 5.91 Å². The lowest BCUT2D eigenvalue weighted by Crippen LogP contribution is -2.53. The number of amides is 2. The summed E-state index contributed by atoms with van der Waals surface area (Å²) in [6, 6.07) is 6.58. The van der Waals surface area contributed by atoms with Crippen molar-refractivity contribution in [2.75, 3.05) is 0 Å². The van der Waals surface area contributed by atoms with E-state index in [1.165, 1.54) is 6.92 Å². The molecule has 5 nitrogen and oxygen atoms in total. The van der Waals surface area contributed by atoms with Gasteiger partial charge in [-0.05, 0) is 45.4 Å². The fourth-order valence-electron chi connectivity index (χ4n) is 1.58. The zero-order valence-corrected chi connectivity index (χ0v) is 12.7. The van der Waals surface area contributed by atoms with Gasteiger partial charge in [-0.25, -0.2) is 4.79 Å². The number of carbonyl (C=O) groups is 2. The summed E-state index contributed by atoms with van der Waals surface area (Å²) < 4.78 is 5.14. The molecule has 6 heteroatoms. The lowest BCUT2D eigenvalue weighted by molar-refractivity contribution is -0.124. The summed E-state index contributed by atoms with van der Waals surface area (Å²) in [4.78, 5) is 23.6. The molecule has 0 heterocycles. The Labute approximate surface area is 123 Å². The molecule has 1 atom stereocenters. The second-order valence-corrected chi connectivity index (χ2v) is 6.06. The first-order chi connectivity index (χ1) is 9.04. The molecule has 3 N–H and O–H groups in total. The van der Waals surface area contributed by atoms with Gasteiger partial charge < -0.3 is 15.8 Å². The second kappa shape index (κ2) is 5.71. The molecular weight excluding hydrogens is 280 g/mol. The average molecular weight is 299 g/mol. The number of benzene rings is 1. The van der Waals surface area contributed by atoms with Crippen LogP contribution in [0, 0.1) is 0 Å². The third-order valence-electron chi connectivity index (χ3n) is 2.65. The second-order valence-electron chi connectivity index (χ2n) is 5.63. The maximum absolute atomic E-state index is 11.9. The van der Waals surface area contributed by atoms with Crippen molar-refractivity contribution in [3.63, 3.8) is 0 Å². The van der Waals surface area contributed by atoms with Crippen LogP contribution < -0.4 is 11.1 Å². The van der Waals surface area contributed by atoms with E-state index < -0.39 is 23.1 Å². The van der Waals surface area contributed by atoms with E-state index in [2.05, 4.69) is 5.32 Å². The number of nitrogens with one attached hydrogen (secondary N) is 1. The Hall–Kier alpha value is -1.75. The van der Waals surface area contributed by atoms with E-state index in [4.69, 9.17) is 22.1 Å². The largest absolute Gasteiger partial charge is 0.444 e. The minimum absolute atomic E-state index is 0.445. The number of alkyl carbamates (subject to hydrolysis) is 1. The molecule has 0 unspecified atom stereocenters. The van der Waals surface area contributed by atoms with Crippen LogP contribution >= 0.6 is 11.6 Å². The van der Waals surface area contributed by atoms with E-state index in [0.29, 0.717) is 10.6 Å². The minimum Gasteiger partial charge on any atom is -0.444 e. The van der Waals surface area contributed by atoms with Crippen molar-refractivity contribution in [1.82, 2.24) is 5.32 Å². The smallest absolute Gasteiger partial charge is 0.408 e. The molecule has 0 bridgehead atoms. The summed E-state index contributed by atoms with van der Waals surface area (Å²) in [5.74, 6) is -0.703. The highest BCUT2D eigenvalue weighted by Gasteiger charge is 2.36. The number of primary amides is 1. The molecule has 0 aromatic heterocycles. The molecule has 110 valence electrons. The Morgan fingerprint density at radius 1 is 1.25 bits per heavy atom. The van der Waals surface area contributed by atoms with Crippen LogP contribution in [-0.2, 0) is 15.1 Å². The van der Waals surface area contributed by atoms with E-state index in [9.17, 15) is 9.59 Å². The Balaban J connectivity index is 3.05. The SMILES string of the molecule is CC(C)(C)OC(=O)N[C@](C)(C(N)=O)c1cccc(Cl)c1. The van der Waals surface area contributed by atoms with Crippen molar-refractivity contribution >= 4 is 23.6 Å². The molecule has 0 saturated heterocycles. The highest BCUT2D eigenvalue weighted by Crippen LogP contribution is 2.24. The number of hydrogen-bond acceptors (Lipinski definition) is 3. The van der Waals surface area contributed by atoms with Gasteiger partial charge in [-0.1, -0.05) is 23.7 Å². The number of ether oxygens (including phenoxy) is 1. The number of rotatable bonds is 3. The van der Waals surface area contributed by atoms with Crippen LogP contribution in [0.3, 0.4) is 0 Å². The Morgan fingerprint density at radius 3 is 2.30 bits per heavy atom. The molecule has 0 saturated carbocycles. The molecule has 2 amide bonds. The maximum Gasteiger partial charge on any atom is 0.408 e. The highest BCUT2D eigenvalue weighted by molar-refractivity contribution is 6.30. The lowest BCUT2D eigenvalue weighted by Gasteiger charge is -2.29. The quantitative estimate of drug-likeness (QED) is 0.900. The predicted octanol–water partition coefficient (Wildman–Crippen LogP) is 2.57. The van der Waals surface area contributed by atoms with E-state index in [0.717, 1.165) is 0 Å². The summed E-state index contributed by atoms with van der Waals surface area (Å²) >= 11 is 5.90. The summed E-state index contributed by atoms with van der Waals surface area (Å²) in [5.41, 5.74) is 3.84. The molecule has 0 fully saturated rings. The lowest BCUT2D eigenvalue weighted by atomic mass is 9.91. The van der Waals surface area contributed by atoms with Gasteiger partial charge in [0.1, 0.15) is 11.1 Å². The average Bonchev–Trinajstić information content (AvgIpc) is 2.25.